The molecule has 204 valence electrons. The van der Waals surface area contributed by atoms with Gasteiger partial charge in [-0.3, -0.25) is 10.0 Å². The monoisotopic (exact) mass is 530 g/mol. The number of ether oxygens (including phenoxy) is 4. The fourth-order valence-electron chi connectivity index (χ4n) is 5.14. The molecule has 0 N–H and O–H groups in total. The molecule has 2 saturated heterocycles. The highest BCUT2D eigenvalue weighted by Crippen LogP contribution is 2.45. The zero-order chi connectivity index (χ0) is 26.7. The second-order valence-corrected chi connectivity index (χ2v) is 11.1. The normalized spacial score (nSPS) is 24.7. The zero-order valence-corrected chi connectivity index (χ0v) is 22.2. The van der Waals surface area contributed by atoms with Gasteiger partial charge in [-0.1, -0.05) is 12.1 Å². The van der Waals surface area contributed by atoms with E-state index in [1.165, 1.54) is 6.07 Å². The summed E-state index contributed by atoms with van der Waals surface area (Å²) in [6.45, 7) is 10.3. The van der Waals surface area contributed by atoms with Crippen molar-refractivity contribution in [3.63, 3.8) is 0 Å². The van der Waals surface area contributed by atoms with Gasteiger partial charge in [-0.2, -0.15) is 0 Å². The van der Waals surface area contributed by atoms with Crippen LogP contribution in [0.3, 0.4) is 0 Å². The highest BCUT2D eigenvalue weighted by molar-refractivity contribution is 6.62. The van der Waals surface area contributed by atoms with Crippen LogP contribution in [0.1, 0.15) is 52.5 Å². The Morgan fingerprint density at radius 3 is 2.47 bits per heavy atom. The van der Waals surface area contributed by atoms with Gasteiger partial charge in [0, 0.05) is 12.7 Å². The zero-order valence-electron chi connectivity index (χ0n) is 22.2. The summed E-state index contributed by atoms with van der Waals surface area (Å²) in [5, 5.41) is 4.13. The summed E-state index contributed by atoms with van der Waals surface area (Å²) in [6, 6.07) is 11.0. The predicted molar refractivity (Wildman–Crippen MR) is 138 cm³/mol. The van der Waals surface area contributed by atoms with E-state index in [-0.39, 0.29) is 17.8 Å². The lowest BCUT2D eigenvalue weighted by Gasteiger charge is -2.33. The minimum atomic E-state index is -3.67. The molecule has 2 aromatic carbocycles. The molecule has 6 rings (SSSR count). The van der Waals surface area contributed by atoms with Crippen molar-refractivity contribution in [2.75, 3.05) is 29.8 Å². The summed E-state index contributed by atoms with van der Waals surface area (Å²) in [4.78, 5) is 0. The highest BCUT2D eigenvalue weighted by Gasteiger charge is 2.52. The van der Waals surface area contributed by atoms with Gasteiger partial charge in [0.25, 0.3) is 0 Å². The van der Waals surface area contributed by atoms with Crippen LogP contribution in [0.15, 0.2) is 36.4 Å². The first-order valence-corrected chi connectivity index (χ1v) is 13.2. The van der Waals surface area contributed by atoms with Crippen molar-refractivity contribution in [3.8, 4) is 11.5 Å². The van der Waals surface area contributed by atoms with E-state index in [2.05, 4.69) is 21.9 Å². The molecule has 0 aromatic heterocycles. The van der Waals surface area contributed by atoms with Crippen molar-refractivity contribution in [1.29, 1.82) is 0 Å². The lowest BCUT2D eigenvalue weighted by molar-refractivity contribution is -0.286. The molecular formula is C27H33BF2N2O6. The standard InChI is InChI=1S/C27H33BF2N2O6/c1-25(2)26(3,4)38-28(37-25)19-9-8-18-17-32(20-10-11-22-23(16-20)36-27(29,30)35-22)31(21(18)15-19)12-14-34-24-7-5-6-13-33-24/h8-11,15-16,24H,5-7,12-14,17H2,1-4H3. The molecule has 2 fully saturated rings. The third-order valence-electron chi connectivity index (χ3n) is 7.95. The van der Waals surface area contributed by atoms with Crippen LogP contribution in [-0.2, 0) is 25.3 Å². The Kier molecular flexibility index (Phi) is 6.25. The van der Waals surface area contributed by atoms with E-state index >= 15 is 0 Å². The lowest BCUT2D eigenvalue weighted by Crippen LogP contribution is -2.41. The van der Waals surface area contributed by atoms with Crippen LogP contribution in [0.5, 0.6) is 11.5 Å². The Labute approximate surface area is 221 Å². The molecule has 0 aliphatic carbocycles. The Balaban J connectivity index is 1.27. The molecule has 11 heteroatoms. The van der Waals surface area contributed by atoms with Gasteiger partial charge in [0.1, 0.15) is 0 Å². The van der Waals surface area contributed by atoms with Crippen molar-refractivity contribution in [2.24, 2.45) is 0 Å². The van der Waals surface area contributed by atoms with Gasteiger partial charge in [-0.15, -0.1) is 8.78 Å². The fourth-order valence-corrected chi connectivity index (χ4v) is 5.14. The molecule has 0 radical (unpaired) electrons. The first-order valence-electron chi connectivity index (χ1n) is 13.2. The number of hydrazine groups is 1. The predicted octanol–water partition coefficient (Wildman–Crippen LogP) is 4.59. The van der Waals surface area contributed by atoms with Gasteiger partial charge in [0.05, 0.1) is 42.3 Å². The van der Waals surface area contributed by atoms with Crippen molar-refractivity contribution in [2.45, 2.75) is 77.3 Å². The maximum Gasteiger partial charge on any atom is 0.586 e. The van der Waals surface area contributed by atoms with Crippen LogP contribution in [-0.4, -0.2) is 50.7 Å². The molecule has 4 aliphatic heterocycles. The number of hydrogen-bond donors (Lipinski definition) is 0. The number of alkyl halides is 2. The van der Waals surface area contributed by atoms with Crippen molar-refractivity contribution >= 4 is 24.0 Å². The van der Waals surface area contributed by atoms with E-state index in [4.69, 9.17) is 23.5 Å². The van der Waals surface area contributed by atoms with Crippen LogP contribution < -0.4 is 25.0 Å². The van der Waals surface area contributed by atoms with Crippen molar-refractivity contribution in [1.82, 2.24) is 0 Å². The van der Waals surface area contributed by atoms with Crippen LogP contribution in [0.2, 0.25) is 0 Å². The van der Waals surface area contributed by atoms with Crippen molar-refractivity contribution in [3.05, 3.63) is 42.0 Å². The van der Waals surface area contributed by atoms with Gasteiger partial charge < -0.3 is 28.3 Å². The van der Waals surface area contributed by atoms with Crippen LogP contribution in [0.25, 0.3) is 0 Å². The molecule has 38 heavy (non-hydrogen) atoms. The average molecular weight is 530 g/mol. The summed E-state index contributed by atoms with van der Waals surface area (Å²) < 4.78 is 61.0. The molecular weight excluding hydrogens is 497 g/mol. The second-order valence-electron chi connectivity index (χ2n) is 11.1. The lowest BCUT2D eigenvalue weighted by atomic mass is 9.78. The highest BCUT2D eigenvalue weighted by atomic mass is 19.3. The number of benzene rings is 2. The fraction of sp³-hybridized carbons (Fsp3) is 0.556. The van der Waals surface area contributed by atoms with E-state index in [1.54, 1.807) is 12.1 Å². The van der Waals surface area contributed by atoms with E-state index < -0.39 is 24.6 Å². The van der Waals surface area contributed by atoms with Gasteiger partial charge in [-0.25, -0.2) is 0 Å². The largest absolute Gasteiger partial charge is 0.586 e. The van der Waals surface area contributed by atoms with E-state index in [9.17, 15) is 8.78 Å². The first kappa shape index (κ1) is 25.7. The van der Waals surface area contributed by atoms with Crippen LogP contribution in [0, 0.1) is 0 Å². The molecule has 1 unspecified atom stereocenters. The van der Waals surface area contributed by atoms with Gasteiger partial charge in [0.15, 0.2) is 17.8 Å². The Bertz CT molecular complexity index is 1190. The Hall–Kier alpha value is -2.60. The Morgan fingerprint density at radius 1 is 0.974 bits per heavy atom. The maximum atomic E-state index is 13.7. The molecule has 0 bridgehead atoms. The molecule has 0 spiro atoms. The number of fused-ring (bicyclic) bond motifs is 2. The summed E-state index contributed by atoms with van der Waals surface area (Å²) in [5.41, 5.74) is 2.77. The SMILES string of the molecule is CC1(C)OB(c2ccc3c(c2)N(CCOC2CCCCO2)N(c2ccc4c(c2)OC(F)(F)O4)C3)OC1(C)C. The third kappa shape index (κ3) is 4.70. The van der Waals surface area contributed by atoms with Gasteiger partial charge >= 0.3 is 13.4 Å². The van der Waals surface area contributed by atoms with Gasteiger partial charge in [-0.05, 0) is 76.2 Å². The molecule has 1 atom stereocenters. The topological polar surface area (TPSA) is 61.9 Å². The summed E-state index contributed by atoms with van der Waals surface area (Å²) in [7, 11) is -0.499. The van der Waals surface area contributed by atoms with Crippen LogP contribution >= 0.6 is 0 Å². The third-order valence-corrected chi connectivity index (χ3v) is 7.95. The second kappa shape index (κ2) is 9.26. The minimum absolute atomic E-state index is 0.00756. The molecule has 2 aromatic rings. The van der Waals surface area contributed by atoms with Crippen molar-refractivity contribution < 1.29 is 37.0 Å². The quantitative estimate of drug-likeness (QED) is 0.503. The maximum absolute atomic E-state index is 13.7. The van der Waals surface area contributed by atoms with E-state index in [0.29, 0.717) is 32.0 Å². The van der Waals surface area contributed by atoms with Crippen LogP contribution in [0.4, 0.5) is 20.2 Å². The summed E-state index contributed by atoms with van der Waals surface area (Å²) >= 11 is 0. The number of halogens is 2. The molecule has 8 nitrogen and oxygen atoms in total. The number of nitrogens with zero attached hydrogens (tertiary/aromatic N) is 2. The smallest absolute Gasteiger partial charge is 0.399 e. The van der Waals surface area contributed by atoms with E-state index in [1.807, 2.05) is 38.8 Å². The summed E-state index contributed by atoms with van der Waals surface area (Å²) in [5.74, 6) is 0.0241. The van der Waals surface area contributed by atoms with Gasteiger partial charge in [0.2, 0.25) is 0 Å². The first-order chi connectivity index (χ1) is 18.0. The Morgan fingerprint density at radius 2 is 1.74 bits per heavy atom. The minimum Gasteiger partial charge on any atom is -0.399 e. The summed E-state index contributed by atoms with van der Waals surface area (Å²) in [6.07, 6.45) is -0.855. The molecule has 0 saturated carbocycles. The van der Waals surface area contributed by atoms with E-state index in [0.717, 1.165) is 36.0 Å². The number of anilines is 2. The molecule has 0 amide bonds. The average Bonchev–Trinajstić information content (AvgIpc) is 3.45. The molecule has 4 heterocycles. The molecule has 4 aliphatic rings. The number of hydrogen-bond acceptors (Lipinski definition) is 8. The number of rotatable bonds is 6.